The van der Waals surface area contributed by atoms with Gasteiger partial charge in [0.1, 0.15) is 12.2 Å². The topological polar surface area (TPSA) is 42.7 Å². The number of nitrogens with zero attached hydrogens (tertiary/aromatic N) is 3. The lowest BCUT2D eigenvalue weighted by atomic mass is 10.2. The van der Waals surface area contributed by atoms with Crippen molar-refractivity contribution in [1.29, 1.82) is 0 Å². The maximum Gasteiger partial charge on any atom is 0.416 e. The number of hydrogen-bond acceptors (Lipinski definition) is 3. The molecule has 0 aliphatic rings. The molecule has 0 aliphatic carbocycles. The minimum atomic E-state index is -4.33. The van der Waals surface area contributed by atoms with Gasteiger partial charge in [-0.1, -0.05) is 0 Å². The molecule has 1 heterocycles. The Labute approximate surface area is 122 Å². The predicted molar refractivity (Wildman–Crippen MR) is 72.3 cm³/mol. The van der Waals surface area contributed by atoms with Crippen molar-refractivity contribution in [2.75, 3.05) is 11.9 Å². The van der Waals surface area contributed by atoms with Crippen molar-refractivity contribution in [3.8, 4) is 0 Å². The fraction of sp³-hybridized carbons (Fsp3) is 0.333. The average molecular weight is 349 g/mol. The van der Waals surface area contributed by atoms with Gasteiger partial charge >= 0.3 is 6.18 Å². The van der Waals surface area contributed by atoms with Crippen LogP contribution in [-0.2, 0) is 19.6 Å². The van der Waals surface area contributed by atoms with Crippen LogP contribution >= 0.6 is 15.9 Å². The van der Waals surface area contributed by atoms with E-state index in [1.807, 2.05) is 7.05 Å². The second-order valence-corrected chi connectivity index (χ2v) is 5.08. The van der Waals surface area contributed by atoms with Gasteiger partial charge in [0, 0.05) is 30.2 Å². The highest BCUT2D eigenvalue weighted by atomic mass is 79.9. The summed E-state index contributed by atoms with van der Waals surface area (Å²) in [6.45, 7) is 0.552. The van der Waals surface area contributed by atoms with Crippen molar-refractivity contribution in [3.05, 3.63) is 40.4 Å². The van der Waals surface area contributed by atoms with E-state index < -0.39 is 11.7 Å². The lowest BCUT2D eigenvalue weighted by Gasteiger charge is -2.11. The van der Waals surface area contributed by atoms with Crippen LogP contribution in [0.2, 0.25) is 0 Å². The van der Waals surface area contributed by atoms with Crippen LogP contribution in [0.1, 0.15) is 11.4 Å². The SMILES string of the molecule is Cn1cnnc1CCNc1ccc(C(F)(F)F)cc1Br. The molecule has 4 nitrogen and oxygen atoms in total. The molecule has 0 saturated carbocycles. The Morgan fingerprint density at radius 1 is 1.35 bits per heavy atom. The molecule has 0 aliphatic heterocycles. The summed E-state index contributed by atoms with van der Waals surface area (Å²) in [6, 6.07) is 3.52. The zero-order valence-electron chi connectivity index (χ0n) is 10.6. The molecule has 1 aromatic carbocycles. The zero-order chi connectivity index (χ0) is 14.8. The Balaban J connectivity index is 1.98. The predicted octanol–water partition coefficient (Wildman–Crippen LogP) is 3.25. The van der Waals surface area contributed by atoms with Gasteiger partial charge in [0.15, 0.2) is 0 Å². The summed E-state index contributed by atoms with van der Waals surface area (Å²) in [4.78, 5) is 0. The number of aromatic nitrogens is 3. The van der Waals surface area contributed by atoms with Crippen LogP contribution in [0.5, 0.6) is 0 Å². The number of alkyl halides is 3. The number of nitrogens with one attached hydrogen (secondary N) is 1. The molecule has 1 aromatic heterocycles. The lowest BCUT2D eigenvalue weighted by Crippen LogP contribution is -2.10. The van der Waals surface area contributed by atoms with E-state index >= 15 is 0 Å². The number of halogens is 4. The van der Waals surface area contributed by atoms with E-state index in [4.69, 9.17) is 0 Å². The molecule has 2 rings (SSSR count). The molecule has 108 valence electrons. The van der Waals surface area contributed by atoms with Crippen LogP contribution in [0, 0.1) is 0 Å². The van der Waals surface area contributed by atoms with Crippen molar-refractivity contribution in [2.45, 2.75) is 12.6 Å². The van der Waals surface area contributed by atoms with Crippen molar-refractivity contribution >= 4 is 21.6 Å². The fourth-order valence-corrected chi connectivity index (χ4v) is 2.20. The molecule has 0 bridgehead atoms. The molecule has 0 spiro atoms. The molecule has 0 radical (unpaired) electrons. The number of aryl methyl sites for hydroxylation is 1. The second-order valence-electron chi connectivity index (χ2n) is 4.23. The second kappa shape index (κ2) is 5.82. The summed E-state index contributed by atoms with van der Waals surface area (Å²) in [7, 11) is 1.84. The van der Waals surface area contributed by atoms with E-state index in [9.17, 15) is 13.2 Å². The average Bonchev–Trinajstić information content (AvgIpc) is 2.76. The highest BCUT2D eigenvalue weighted by Crippen LogP contribution is 2.33. The van der Waals surface area contributed by atoms with Crippen LogP contribution in [0.15, 0.2) is 29.0 Å². The highest BCUT2D eigenvalue weighted by molar-refractivity contribution is 9.10. The fourth-order valence-electron chi connectivity index (χ4n) is 1.68. The van der Waals surface area contributed by atoms with Crippen LogP contribution in [-0.4, -0.2) is 21.3 Å². The summed E-state index contributed by atoms with van der Waals surface area (Å²) in [5, 5.41) is 10.7. The summed E-state index contributed by atoms with van der Waals surface area (Å²) in [5.74, 6) is 0.806. The van der Waals surface area contributed by atoms with E-state index in [1.54, 1.807) is 10.9 Å². The normalized spacial score (nSPS) is 11.7. The summed E-state index contributed by atoms with van der Waals surface area (Å²) in [6.07, 6.45) is -2.10. The van der Waals surface area contributed by atoms with Gasteiger partial charge < -0.3 is 9.88 Å². The third-order valence-electron chi connectivity index (χ3n) is 2.77. The molecule has 0 unspecified atom stereocenters. The highest BCUT2D eigenvalue weighted by Gasteiger charge is 2.30. The Bertz CT molecular complexity index is 595. The summed E-state index contributed by atoms with van der Waals surface area (Å²) < 4.78 is 39.7. The quantitative estimate of drug-likeness (QED) is 0.922. The third-order valence-corrected chi connectivity index (χ3v) is 3.42. The molecule has 2 aromatic rings. The first-order valence-corrected chi connectivity index (χ1v) is 6.60. The van der Waals surface area contributed by atoms with Gasteiger partial charge in [-0.15, -0.1) is 10.2 Å². The number of rotatable bonds is 4. The third kappa shape index (κ3) is 3.50. The number of anilines is 1. The van der Waals surface area contributed by atoms with Gasteiger partial charge in [-0.25, -0.2) is 0 Å². The van der Waals surface area contributed by atoms with E-state index in [2.05, 4.69) is 31.4 Å². The maximum atomic E-state index is 12.5. The van der Waals surface area contributed by atoms with Gasteiger partial charge in [-0.3, -0.25) is 0 Å². The number of hydrogen-bond donors (Lipinski definition) is 1. The van der Waals surface area contributed by atoms with E-state index in [1.165, 1.54) is 6.07 Å². The van der Waals surface area contributed by atoms with Gasteiger partial charge in [0.25, 0.3) is 0 Å². The van der Waals surface area contributed by atoms with Gasteiger partial charge in [-0.2, -0.15) is 13.2 Å². The molecule has 8 heteroatoms. The Kier molecular flexibility index (Phi) is 4.32. The van der Waals surface area contributed by atoms with Crippen molar-refractivity contribution in [3.63, 3.8) is 0 Å². The Morgan fingerprint density at radius 2 is 2.10 bits per heavy atom. The van der Waals surface area contributed by atoms with E-state index in [-0.39, 0.29) is 0 Å². The minimum Gasteiger partial charge on any atom is -0.384 e. The standard InChI is InChI=1S/C12H12BrF3N4/c1-20-7-18-19-11(20)4-5-17-10-3-2-8(6-9(10)13)12(14,15)16/h2-3,6-7,17H,4-5H2,1H3. The summed E-state index contributed by atoms with van der Waals surface area (Å²) >= 11 is 3.14. The minimum absolute atomic E-state index is 0.380. The lowest BCUT2D eigenvalue weighted by molar-refractivity contribution is -0.137. The molecular weight excluding hydrogens is 337 g/mol. The van der Waals surface area contributed by atoms with Crippen LogP contribution in [0.4, 0.5) is 18.9 Å². The molecule has 0 atom stereocenters. The van der Waals surface area contributed by atoms with Crippen LogP contribution in [0.25, 0.3) is 0 Å². The first kappa shape index (κ1) is 14.8. The van der Waals surface area contributed by atoms with Crippen LogP contribution in [0.3, 0.4) is 0 Å². The zero-order valence-corrected chi connectivity index (χ0v) is 12.2. The molecular formula is C12H12BrF3N4. The first-order chi connectivity index (χ1) is 9.38. The van der Waals surface area contributed by atoms with Gasteiger partial charge in [0.05, 0.1) is 5.56 Å². The molecule has 1 N–H and O–H groups in total. The first-order valence-electron chi connectivity index (χ1n) is 5.81. The molecule has 0 saturated heterocycles. The summed E-state index contributed by atoms with van der Waals surface area (Å²) in [5.41, 5.74) is -0.0663. The van der Waals surface area contributed by atoms with E-state index in [0.29, 0.717) is 23.1 Å². The molecule has 0 amide bonds. The van der Waals surface area contributed by atoms with Crippen molar-refractivity contribution in [1.82, 2.24) is 14.8 Å². The van der Waals surface area contributed by atoms with Gasteiger partial charge in [0.2, 0.25) is 0 Å². The van der Waals surface area contributed by atoms with Crippen molar-refractivity contribution < 1.29 is 13.2 Å². The Hall–Kier alpha value is -1.57. The smallest absolute Gasteiger partial charge is 0.384 e. The maximum absolute atomic E-state index is 12.5. The monoisotopic (exact) mass is 348 g/mol. The largest absolute Gasteiger partial charge is 0.416 e. The Morgan fingerprint density at radius 3 is 2.65 bits per heavy atom. The van der Waals surface area contributed by atoms with Crippen molar-refractivity contribution in [2.24, 2.45) is 7.05 Å². The van der Waals surface area contributed by atoms with E-state index in [0.717, 1.165) is 18.0 Å². The van der Waals surface area contributed by atoms with Crippen LogP contribution < -0.4 is 5.32 Å². The molecule has 0 fully saturated rings. The number of benzene rings is 1. The van der Waals surface area contributed by atoms with Gasteiger partial charge in [-0.05, 0) is 34.1 Å². The molecule has 20 heavy (non-hydrogen) atoms.